The van der Waals surface area contributed by atoms with Crippen LogP contribution in [-0.2, 0) is 4.79 Å². The molecule has 94 valence electrons. The summed E-state index contributed by atoms with van der Waals surface area (Å²) in [6.45, 7) is 6.10. The third-order valence-electron chi connectivity index (χ3n) is 3.07. The van der Waals surface area contributed by atoms with Crippen molar-refractivity contribution in [1.29, 1.82) is 0 Å². The molecule has 2 unspecified atom stereocenters. The second-order valence-corrected chi connectivity index (χ2v) is 4.56. The molecule has 0 radical (unpaired) electrons. The average Bonchev–Trinajstić information content (AvgIpc) is 2.26. The van der Waals surface area contributed by atoms with E-state index < -0.39 is 5.97 Å². The molecular weight excluding hydrogens is 200 g/mol. The first-order valence-corrected chi connectivity index (χ1v) is 6.49. The molecule has 0 aliphatic heterocycles. The minimum Gasteiger partial charge on any atom is -0.481 e. The molecule has 1 N–H and O–H groups in total. The van der Waals surface area contributed by atoms with Crippen molar-refractivity contribution in [3.05, 3.63) is 12.2 Å². The molecule has 0 heterocycles. The summed E-state index contributed by atoms with van der Waals surface area (Å²) in [5, 5.41) is 8.86. The van der Waals surface area contributed by atoms with Gasteiger partial charge in [0, 0.05) is 0 Å². The smallest absolute Gasteiger partial charge is 0.306 e. The van der Waals surface area contributed by atoms with E-state index in [4.69, 9.17) is 5.11 Å². The fourth-order valence-electron chi connectivity index (χ4n) is 1.90. The second-order valence-electron chi connectivity index (χ2n) is 4.56. The number of unbranched alkanes of at least 4 members (excludes halogenated alkanes) is 1. The first-order valence-electron chi connectivity index (χ1n) is 6.49. The highest BCUT2D eigenvalue weighted by molar-refractivity contribution is 5.69. The van der Waals surface area contributed by atoms with Crippen LogP contribution in [0.1, 0.15) is 59.3 Å². The monoisotopic (exact) mass is 226 g/mol. The molecule has 0 aromatic heterocycles. The van der Waals surface area contributed by atoms with E-state index in [9.17, 15) is 4.79 Å². The Morgan fingerprint density at radius 3 is 2.50 bits per heavy atom. The van der Waals surface area contributed by atoms with Crippen molar-refractivity contribution in [3.8, 4) is 0 Å². The SMILES string of the molecule is CCC=CCCCC(CC)CC(C)C(=O)O. The van der Waals surface area contributed by atoms with Crippen molar-refractivity contribution in [2.24, 2.45) is 11.8 Å². The Hall–Kier alpha value is -0.790. The van der Waals surface area contributed by atoms with E-state index in [2.05, 4.69) is 26.0 Å². The quantitative estimate of drug-likeness (QED) is 0.471. The van der Waals surface area contributed by atoms with Crippen LogP contribution in [0.15, 0.2) is 12.2 Å². The van der Waals surface area contributed by atoms with Gasteiger partial charge in [-0.15, -0.1) is 0 Å². The van der Waals surface area contributed by atoms with Crippen LogP contribution in [0.3, 0.4) is 0 Å². The second kappa shape index (κ2) is 9.44. The van der Waals surface area contributed by atoms with Crippen LogP contribution in [0.5, 0.6) is 0 Å². The lowest BCUT2D eigenvalue weighted by Gasteiger charge is -2.16. The van der Waals surface area contributed by atoms with Gasteiger partial charge in [-0.2, -0.15) is 0 Å². The van der Waals surface area contributed by atoms with Gasteiger partial charge >= 0.3 is 5.97 Å². The Morgan fingerprint density at radius 1 is 1.31 bits per heavy atom. The molecule has 2 heteroatoms. The fourth-order valence-corrected chi connectivity index (χ4v) is 1.90. The molecule has 2 nitrogen and oxygen atoms in total. The van der Waals surface area contributed by atoms with Crippen LogP contribution in [0, 0.1) is 11.8 Å². The number of carboxylic acid groups (broad SMARTS) is 1. The van der Waals surface area contributed by atoms with Crippen LogP contribution in [0.4, 0.5) is 0 Å². The molecule has 0 fully saturated rings. The summed E-state index contributed by atoms with van der Waals surface area (Å²) in [5.74, 6) is -0.290. The fraction of sp³-hybridized carbons (Fsp3) is 0.786. The van der Waals surface area contributed by atoms with Crippen LogP contribution in [0.25, 0.3) is 0 Å². The standard InChI is InChI=1S/C14H26O2/c1-4-6-7-8-9-10-13(5-2)11-12(3)14(15)16/h6-7,12-13H,4-5,8-11H2,1-3H3,(H,15,16). The highest BCUT2D eigenvalue weighted by atomic mass is 16.4. The van der Waals surface area contributed by atoms with Gasteiger partial charge in [0.05, 0.1) is 5.92 Å². The third kappa shape index (κ3) is 7.49. The maximum Gasteiger partial charge on any atom is 0.306 e. The maximum atomic E-state index is 10.8. The van der Waals surface area contributed by atoms with Crippen molar-refractivity contribution in [1.82, 2.24) is 0 Å². The largest absolute Gasteiger partial charge is 0.481 e. The molecule has 0 aliphatic rings. The third-order valence-corrected chi connectivity index (χ3v) is 3.07. The van der Waals surface area contributed by atoms with E-state index in [0.29, 0.717) is 5.92 Å². The molecule has 0 bridgehead atoms. The van der Waals surface area contributed by atoms with Gasteiger partial charge in [0.15, 0.2) is 0 Å². The van der Waals surface area contributed by atoms with Crippen LogP contribution in [0.2, 0.25) is 0 Å². The molecular formula is C14H26O2. The first kappa shape index (κ1) is 15.2. The van der Waals surface area contributed by atoms with Gasteiger partial charge < -0.3 is 5.11 Å². The van der Waals surface area contributed by atoms with Gasteiger partial charge in [-0.05, 0) is 31.6 Å². The molecule has 16 heavy (non-hydrogen) atoms. The van der Waals surface area contributed by atoms with Gasteiger partial charge in [0.2, 0.25) is 0 Å². The van der Waals surface area contributed by atoms with Gasteiger partial charge in [0.1, 0.15) is 0 Å². The lowest BCUT2D eigenvalue weighted by Crippen LogP contribution is -2.14. The van der Waals surface area contributed by atoms with Gasteiger partial charge in [-0.1, -0.05) is 45.8 Å². The Labute approximate surface area is 99.7 Å². The molecule has 0 saturated carbocycles. The zero-order valence-electron chi connectivity index (χ0n) is 10.9. The zero-order chi connectivity index (χ0) is 12.4. The van der Waals surface area contributed by atoms with E-state index in [-0.39, 0.29) is 5.92 Å². The highest BCUT2D eigenvalue weighted by Gasteiger charge is 2.16. The summed E-state index contributed by atoms with van der Waals surface area (Å²) in [4.78, 5) is 10.8. The Kier molecular flexibility index (Phi) is 8.97. The topological polar surface area (TPSA) is 37.3 Å². The van der Waals surface area contributed by atoms with E-state index in [1.165, 1.54) is 6.42 Å². The normalized spacial score (nSPS) is 15.2. The van der Waals surface area contributed by atoms with Gasteiger partial charge in [-0.3, -0.25) is 4.79 Å². The molecule has 0 amide bonds. The van der Waals surface area contributed by atoms with Crippen LogP contribution in [-0.4, -0.2) is 11.1 Å². The summed E-state index contributed by atoms with van der Waals surface area (Å²) in [7, 11) is 0. The number of carboxylic acids is 1. The number of hydrogen-bond acceptors (Lipinski definition) is 1. The number of aliphatic carboxylic acids is 1. The Bertz CT molecular complexity index is 209. The first-order chi connectivity index (χ1) is 7.61. The average molecular weight is 226 g/mol. The van der Waals surface area contributed by atoms with Crippen molar-refractivity contribution in [2.75, 3.05) is 0 Å². The van der Waals surface area contributed by atoms with Crippen molar-refractivity contribution in [3.63, 3.8) is 0 Å². The minimum atomic E-state index is -0.663. The number of rotatable bonds is 9. The van der Waals surface area contributed by atoms with Crippen molar-refractivity contribution in [2.45, 2.75) is 59.3 Å². The van der Waals surface area contributed by atoms with E-state index in [1.807, 2.05) is 6.92 Å². The van der Waals surface area contributed by atoms with Crippen molar-refractivity contribution < 1.29 is 9.90 Å². The van der Waals surface area contributed by atoms with Crippen LogP contribution < -0.4 is 0 Å². The predicted octanol–water partition coefficient (Wildman–Crippen LogP) is 4.26. The number of allylic oxidation sites excluding steroid dienone is 2. The lowest BCUT2D eigenvalue weighted by atomic mass is 9.89. The maximum absolute atomic E-state index is 10.8. The van der Waals surface area contributed by atoms with Crippen LogP contribution >= 0.6 is 0 Å². The molecule has 2 atom stereocenters. The summed E-state index contributed by atoms with van der Waals surface area (Å²) < 4.78 is 0. The van der Waals surface area contributed by atoms with Gasteiger partial charge in [0.25, 0.3) is 0 Å². The lowest BCUT2D eigenvalue weighted by molar-refractivity contribution is -0.141. The number of hydrogen-bond donors (Lipinski definition) is 1. The molecule has 0 rings (SSSR count). The summed E-state index contributed by atoms with van der Waals surface area (Å²) in [6, 6.07) is 0. The van der Waals surface area contributed by atoms with Gasteiger partial charge in [-0.25, -0.2) is 0 Å². The summed E-state index contributed by atoms with van der Waals surface area (Å²) in [5.41, 5.74) is 0. The zero-order valence-corrected chi connectivity index (χ0v) is 10.9. The minimum absolute atomic E-state index is 0.198. The molecule has 0 aliphatic carbocycles. The van der Waals surface area contributed by atoms with E-state index in [1.54, 1.807) is 0 Å². The highest BCUT2D eigenvalue weighted by Crippen LogP contribution is 2.21. The Balaban J connectivity index is 3.74. The van der Waals surface area contributed by atoms with E-state index in [0.717, 1.165) is 32.1 Å². The Morgan fingerprint density at radius 2 is 2.00 bits per heavy atom. The molecule has 0 saturated heterocycles. The predicted molar refractivity (Wildman–Crippen MR) is 68.5 cm³/mol. The molecule has 0 aromatic rings. The summed E-state index contributed by atoms with van der Waals surface area (Å²) >= 11 is 0. The van der Waals surface area contributed by atoms with E-state index >= 15 is 0 Å². The summed E-state index contributed by atoms with van der Waals surface area (Å²) in [6.07, 6.45) is 10.9. The van der Waals surface area contributed by atoms with Crippen molar-refractivity contribution >= 4 is 5.97 Å². The number of carbonyl (C=O) groups is 1. The molecule has 0 aromatic carbocycles. The molecule has 0 spiro atoms.